The second-order valence-corrected chi connectivity index (χ2v) is 10.7. The highest BCUT2D eigenvalue weighted by Crippen LogP contribution is 2.29. The van der Waals surface area contributed by atoms with Crippen molar-refractivity contribution in [1.29, 1.82) is 0 Å². The molecule has 0 radical (unpaired) electrons. The Morgan fingerprint density at radius 1 is 0.614 bits per heavy atom. The predicted molar refractivity (Wildman–Crippen MR) is 152 cm³/mol. The molecule has 0 heterocycles. The smallest absolute Gasteiger partial charge is 0.333 e. The fraction of sp³-hybridized carbons (Fsp3) is 0.667. The largest absolute Gasteiger partial charge is 0.481 e. The Morgan fingerprint density at radius 2 is 0.955 bits per heavy atom. The third-order valence-corrected chi connectivity index (χ3v) is 6.46. The van der Waals surface area contributed by atoms with Crippen molar-refractivity contribution in [3.05, 3.63) is 24.3 Å². The van der Waals surface area contributed by atoms with Crippen LogP contribution in [-0.4, -0.2) is 97.9 Å². The summed E-state index contributed by atoms with van der Waals surface area (Å²) in [6.07, 6.45) is 0.154. The molecule has 248 valence electrons. The Morgan fingerprint density at radius 3 is 1.25 bits per heavy atom. The number of carbonyl (C=O) groups excluding carboxylic acids is 4. The fourth-order valence-electron chi connectivity index (χ4n) is 4.02. The monoisotopic (exact) mass is 628 g/mol. The Hall–Kier alpha value is -3.78. The second kappa shape index (κ2) is 21.0. The highest BCUT2D eigenvalue weighted by molar-refractivity contribution is 5.87. The van der Waals surface area contributed by atoms with E-state index in [0.29, 0.717) is 13.2 Å². The molecule has 2 unspecified atom stereocenters. The van der Waals surface area contributed by atoms with Crippen LogP contribution in [0.2, 0.25) is 0 Å². The molecular formula is C30H44O14. The van der Waals surface area contributed by atoms with E-state index in [1.54, 1.807) is 0 Å². The van der Waals surface area contributed by atoms with E-state index in [-0.39, 0.29) is 75.1 Å². The number of rotatable bonds is 22. The van der Waals surface area contributed by atoms with Gasteiger partial charge in [-0.15, -0.1) is 0 Å². The normalized spacial score (nSPS) is 17.4. The summed E-state index contributed by atoms with van der Waals surface area (Å²) >= 11 is 0. The minimum atomic E-state index is -1.13. The minimum Gasteiger partial charge on any atom is -0.481 e. The third kappa shape index (κ3) is 18.0. The van der Waals surface area contributed by atoms with Gasteiger partial charge in [0, 0.05) is 24.4 Å². The van der Waals surface area contributed by atoms with Gasteiger partial charge in [-0.3, -0.25) is 19.2 Å². The molecule has 0 aliphatic heterocycles. The van der Waals surface area contributed by atoms with Crippen molar-refractivity contribution >= 4 is 35.8 Å². The first-order valence-electron chi connectivity index (χ1n) is 14.4. The van der Waals surface area contributed by atoms with Gasteiger partial charge in [-0.25, -0.2) is 9.59 Å². The van der Waals surface area contributed by atoms with Crippen LogP contribution < -0.4 is 0 Å². The molecule has 0 aromatic rings. The van der Waals surface area contributed by atoms with Gasteiger partial charge in [0.2, 0.25) is 0 Å². The van der Waals surface area contributed by atoms with Gasteiger partial charge in [-0.05, 0) is 51.4 Å². The van der Waals surface area contributed by atoms with Crippen LogP contribution in [0.5, 0.6) is 0 Å². The lowest BCUT2D eigenvalue weighted by molar-refractivity contribution is -0.162. The summed E-state index contributed by atoms with van der Waals surface area (Å²) in [7, 11) is 0. The van der Waals surface area contributed by atoms with Crippen LogP contribution in [0.25, 0.3) is 0 Å². The molecule has 0 aromatic heterocycles. The third-order valence-electron chi connectivity index (χ3n) is 6.46. The van der Waals surface area contributed by atoms with Crippen LogP contribution in [0.4, 0.5) is 0 Å². The molecule has 0 bridgehead atoms. The lowest BCUT2D eigenvalue weighted by Gasteiger charge is -2.29. The quantitative estimate of drug-likeness (QED) is 0.101. The van der Waals surface area contributed by atoms with Gasteiger partial charge < -0.3 is 38.6 Å². The zero-order valence-electron chi connectivity index (χ0n) is 25.4. The first-order chi connectivity index (χ1) is 20.8. The number of carboxylic acid groups (broad SMARTS) is 2. The van der Waals surface area contributed by atoms with Gasteiger partial charge >= 0.3 is 35.8 Å². The molecule has 0 amide bonds. The zero-order valence-corrected chi connectivity index (χ0v) is 25.4. The highest BCUT2D eigenvalue weighted by atomic mass is 16.6. The van der Waals surface area contributed by atoms with Crippen LogP contribution in [0.15, 0.2) is 24.3 Å². The first kappa shape index (κ1) is 38.2. The predicted octanol–water partition coefficient (Wildman–Crippen LogP) is 2.62. The van der Waals surface area contributed by atoms with Crippen molar-refractivity contribution < 1.29 is 67.4 Å². The number of carboxylic acids is 2. The minimum absolute atomic E-state index is 0.0339. The molecule has 1 aliphatic carbocycles. The Bertz CT molecular complexity index is 931. The number of ether oxygens (including phenoxy) is 6. The van der Waals surface area contributed by atoms with Gasteiger partial charge in [-0.1, -0.05) is 13.2 Å². The van der Waals surface area contributed by atoms with Crippen molar-refractivity contribution in [3.63, 3.8) is 0 Å². The van der Waals surface area contributed by atoms with Gasteiger partial charge in [0.1, 0.15) is 13.2 Å². The van der Waals surface area contributed by atoms with Gasteiger partial charge in [0.05, 0.1) is 38.9 Å². The topological polar surface area (TPSA) is 198 Å². The Balaban J connectivity index is 2.47. The molecule has 14 heteroatoms. The average Bonchev–Trinajstić information content (AvgIpc) is 2.96. The fourth-order valence-corrected chi connectivity index (χ4v) is 4.02. The van der Waals surface area contributed by atoms with E-state index in [9.17, 15) is 28.8 Å². The van der Waals surface area contributed by atoms with E-state index < -0.39 is 48.0 Å². The maximum absolute atomic E-state index is 12.0. The van der Waals surface area contributed by atoms with Crippen LogP contribution in [0.1, 0.15) is 65.2 Å². The van der Waals surface area contributed by atoms with Crippen LogP contribution in [-0.2, 0) is 57.2 Å². The van der Waals surface area contributed by atoms with Crippen molar-refractivity contribution in [1.82, 2.24) is 0 Å². The van der Waals surface area contributed by atoms with Crippen molar-refractivity contribution in [2.75, 3.05) is 39.6 Å². The zero-order chi connectivity index (χ0) is 33.1. The summed E-state index contributed by atoms with van der Waals surface area (Å²) in [5, 5.41) is 17.5. The van der Waals surface area contributed by atoms with Crippen LogP contribution >= 0.6 is 0 Å². The molecule has 0 aromatic carbocycles. The molecule has 0 saturated heterocycles. The molecule has 2 atom stereocenters. The molecule has 1 aliphatic rings. The van der Waals surface area contributed by atoms with Crippen LogP contribution in [0.3, 0.4) is 0 Å². The number of hydrogen-bond acceptors (Lipinski definition) is 12. The highest BCUT2D eigenvalue weighted by Gasteiger charge is 2.25. The summed E-state index contributed by atoms with van der Waals surface area (Å²) in [4.78, 5) is 68.9. The van der Waals surface area contributed by atoms with E-state index >= 15 is 0 Å². The second-order valence-electron chi connectivity index (χ2n) is 10.7. The standard InChI is InChI=1S/C30H44O14/c1-19(2)29(37)41-17-23(43-27(35)11-9-25(31)32)15-39-13-21-5-7-22(8-6-21)14-40-16-24(18-42-30(38)20(3)4)44-28(36)12-10-26(33)34/h21-24H,1,3,5-18H2,2,4H3,(H,31,32)(H,33,34). The molecule has 2 N–H and O–H groups in total. The van der Waals surface area contributed by atoms with Gasteiger partial charge in [0.25, 0.3) is 0 Å². The van der Waals surface area contributed by atoms with Crippen molar-refractivity contribution in [3.8, 4) is 0 Å². The molecular weight excluding hydrogens is 584 g/mol. The van der Waals surface area contributed by atoms with E-state index in [2.05, 4.69) is 13.2 Å². The van der Waals surface area contributed by atoms with Gasteiger partial charge in [-0.2, -0.15) is 0 Å². The number of hydrogen-bond donors (Lipinski definition) is 2. The maximum Gasteiger partial charge on any atom is 0.333 e. The molecule has 1 rings (SSSR count). The summed E-state index contributed by atoms with van der Waals surface area (Å²) in [6.45, 7) is 10.1. The summed E-state index contributed by atoms with van der Waals surface area (Å²) in [5.74, 6) is -4.57. The molecule has 1 saturated carbocycles. The van der Waals surface area contributed by atoms with E-state index in [1.165, 1.54) is 13.8 Å². The molecule has 0 spiro atoms. The number of carbonyl (C=O) groups is 6. The molecule has 44 heavy (non-hydrogen) atoms. The lowest BCUT2D eigenvalue weighted by Crippen LogP contribution is -2.32. The van der Waals surface area contributed by atoms with Crippen molar-refractivity contribution in [2.45, 2.75) is 77.4 Å². The van der Waals surface area contributed by atoms with E-state index in [4.69, 9.17) is 38.6 Å². The summed E-state index contributed by atoms with van der Waals surface area (Å²) < 4.78 is 32.2. The first-order valence-corrected chi connectivity index (χ1v) is 14.4. The maximum atomic E-state index is 12.0. The van der Waals surface area contributed by atoms with Crippen molar-refractivity contribution in [2.24, 2.45) is 11.8 Å². The van der Waals surface area contributed by atoms with E-state index in [0.717, 1.165) is 25.7 Å². The molecule has 14 nitrogen and oxygen atoms in total. The number of esters is 4. The summed E-state index contributed by atoms with van der Waals surface area (Å²) in [5.41, 5.74) is 0.363. The van der Waals surface area contributed by atoms with Crippen LogP contribution in [0, 0.1) is 11.8 Å². The Labute approximate surface area is 256 Å². The Kier molecular flexibility index (Phi) is 18.3. The average molecular weight is 629 g/mol. The lowest BCUT2D eigenvalue weighted by atomic mass is 9.83. The SMILES string of the molecule is C=C(C)C(=O)OCC(COCC1CCC(COCC(COC(=O)C(=C)C)OC(=O)CCC(=O)O)CC1)OC(=O)CCC(=O)O. The number of aliphatic carboxylic acids is 2. The van der Waals surface area contributed by atoms with E-state index in [1.807, 2.05) is 0 Å². The van der Waals surface area contributed by atoms with Gasteiger partial charge in [0.15, 0.2) is 12.2 Å². The molecule has 1 fully saturated rings. The summed E-state index contributed by atoms with van der Waals surface area (Å²) in [6, 6.07) is 0.